The largest absolute Gasteiger partial charge is 0.300 e. The van der Waals surface area contributed by atoms with Gasteiger partial charge in [0.15, 0.2) is 0 Å². The standard InChI is InChI=1S/C14H27NO/c1-4-9-15(10-5-2)14-8-6-7-13(11-14)12(3)16/h13-14H,4-11H2,1-3H3. The molecule has 1 aliphatic rings. The second-order valence-corrected chi connectivity index (χ2v) is 5.16. The average Bonchev–Trinajstić information content (AvgIpc) is 2.29. The molecule has 0 aromatic heterocycles. The maximum atomic E-state index is 11.5. The van der Waals surface area contributed by atoms with Crippen molar-refractivity contribution in [1.29, 1.82) is 0 Å². The Kier molecular flexibility index (Phi) is 6.04. The lowest BCUT2D eigenvalue weighted by molar-refractivity contribution is -0.122. The van der Waals surface area contributed by atoms with Crippen LogP contribution in [0.5, 0.6) is 0 Å². The normalized spacial score (nSPS) is 26.0. The van der Waals surface area contributed by atoms with Gasteiger partial charge in [-0.1, -0.05) is 20.3 Å². The zero-order valence-electron chi connectivity index (χ0n) is 11.2. The molecule has 0 radical (unpaired) electrons. The van der Waals surface area contributed by atoms with Crippen LogP contribution in [0.4, 0.5) is 0 Å². The number of carbonyl (C=O) groups excluding carboxylic acids is 1. The summed E-state index contributed by atoms with van der Waals surface area (Å²) in [6, 6.07) is 0.669. The molecule has 0 amide bonds. The third kappa shape index (κ3) is 3.89. The first-order valence-electron chi connectivity index (χ1n) is 6.93. The smallest absolute Gasteiger partial charge is 0.132 e. The minimum Gasteiger partial charge on any atom is -0.300 e. The van der Waals surface area contributed by atoms with E-state index in [1.165, 1.54) is 38.8 Å². The van der Waals surface area contributed by atoms with Crippen molar-refractivity contribution in [3.05, 3.63) is 0 Å². The van der Waals surface area contributed by atoms with E-state index in [1.54, 1.807) is 6.92 Å². The zero-order chi connectivity index (χ0) is 12.0. The summed E-state index contributed by atoms with van der Waals surface area (Å²) in [4.78, 5) is 14.1. The van der Waals surface area contributed by atoms with Gasteiger partial charge in [0.25, 0.3) is 0 Å². The van der Waals surface area contributed by atoms with Gasteiger partial charge in [-0.05, 0) is 52.1 Å². The summed E-state index contributed by atoms with van der Waals surface area (Å²) < 4.78 is 0. The molecule has 0 bridgehead atoms. The van der Waals surface area contributed by atoms with Crippen molar-refractivity contribution in [3.63, 3.8) is 0 Å². The van der Waals surface area contributed by atoms with Crippen LogP contribution < -0.4 is 0 Å². The van der Waals surface area contributed by atoms with Gasteiger partial charge in [-0.2, -0.15) is 0 Å². The highest BCUT2D eigenvalue weighted by Gasteiger charge is 2.27. The monoisotopic (exact) mass is 225 g/mol. The highest BCUT2D eigenvalue weighted by atomic mass is 16.1. The van der Waals surface area contributed by atoms with Crippen LogP contribution in [-0.4, -0.2) is 29.8 Å². The Morgan fingerprint density at radius 3 is 2.31 bits per heavy atom. The Balaban J connectivity index is 2.51. The van der Waals surface area contributed by atoms with Crippen LogP contribution in [0.15, 0.2) is 0 Å². The number of nitrogens with zero attached hydrogens (tertiary/aromatic N) is 1. The SMILES string of the molecule is CCCN(CCC)C1CCCC(C(C)=O)C1. The molecule has 0 heterocycles. The number of hydrogen-bond acceptors (Lipinski definition) is 2. The van der Waals surface area contributed by atoms with E-state index in [2.05, 4.69) is 18.7 Å². The fourth-order valence-electron chi connectivity index (χ4n) is 2.92. The topological polar surface area (TPSA) is 20.3 Å². The van der Waals surface area contributed by atoms with Crippen LogP contribution >= 0.6 is 0 Å². The Hall–Kier alpha value is -0.370. The van der Waals surface area contributed by atoms with E-state index in [4.69, 9.17) is 0 Å². The van der Waals surface area contributed by atoms with Crippen LogP contribution in [0.1, 0.15) is 59.3 Å². The Bertz CT molecular complexity index is 209. The first-order chi connectivity index (χ1) is 7.69. The third-order valence-electron chi connectivity index (χ3n) is 3.76. The lowest BCUT2D eigenvalue weighted by atomic mass is 9.82. The fraction of sp³-hybridized carbons (Fsp3) is 0.929. The summed E-state index contributed by atoms with van der Waals surface area (Å²) in [5.74, 6) is 0.743. The molecule has 0 N–H and O–H groups in total. The van der Waals surface area contributed by atoms with E-state index < -0.39 is 0 Å². The van der Waals surface area contributed by atoms with Gasteiger partial charge < -0.3 is 4.90 Å². The summed E-state index contributed by atoms with van der Waals surface area (Å²) in [5.41, 5.74) is 0. The van der Waals surface area contributed by atoms with E-state index in [1.807, 2.05) is 0 Å². The number of ketones is 1. The first kappa shape index (κ1) is 13.7. The van der Waals surface area contributed by atoms with E-state index in [9.17, 15) is 4.79 Å². The number of Topliss-reactive ketones (excluding diaryl/α,β-unsaturated/α-hetero) is 1. The van der Waals surface area contributed by atoms with Crippen LogP contribution in [-0.2, 0) is 4.79 Å². The molecule has 2 atom stereocenters. The summed E-state index contributed by atoms with van der Waals surface area (Å²) >= 11 is 0. The summed E-state index contributed by atoms with van der Waals surface area (Å²) in [6.45, 7) is 8.64. The van der Waals surface area contributed by atoms with Crippen LogP contribution in [0.3, 0.4) is 0 Å². The molecule has 0 aliphatic heterocycles. The fourth-order valence-corrected chi connectivity index (χ4v) is 2.92. The van der Waals surface area contributed by atoms with Gasteiger partial charge in [0.05, 0.1) is 0 Å². The van der Waals surface area contributed by atoms with Crippen molar-refractivity contribution < 1.29 is 4.79 Å². The molecule has 2 heteroatoms. The molecule has 1 aliphatic carbocycles. The first-order valence-corrected chi connectivity index (χ1v) is 6.93. The molecule has 2 unspecified atom stereocenters. The number of hydrogen-bond donors (Lipinski definition) is 0. The van der Waals surface area contributed by atoms with Gasteiger partial charge >= 0.3 is 0 Å². The molecule has 1 fully saturated rings. The lowest BCUT2D eigenvalue weighted by Crippen LogP contribution is -2.40. The molecule has 94 valence electrons. The van der Waals surface area contributed by atoms with Gasteiger partial charge in [0.2, 0.25) is 0 Å². The Morgan fingerprint density at radius 2 is 1.81 bits per heavy atom. The second-order valence-electron chi connectivity index (χ2n) is 5.16. The molecular formula is C14H27NO. The van der Waals surface area contributed by atoms with E-state index in [-0.39, 0.29) is 0 Å². The minimum absolute atomic E-state index is 0.343. The molecule has 0 saturated heterocycles. The lowest BCUT2D eigenvalue weighted by Gasteiger charge is -2.36. The molecule has 2 nitrogen and oxygen atoms in total. The maximum Gasteiger partial charge on any atom is 0.132 e. The van der Waals surface area contributed by atoms with Crippen molar-refractivity contribution >= 4 is 5.78 Å². The van der Waals surface area contributed by atoms with Crippen molar-refractivity contribution in [2.24, 2.45) is 5.92 Å². The summed E-state index contributed by atoms with van der Waals surface area (Å²) in [6.07, 6.45) is 7.21. The molecule has 0 aromatic carbocycles. The van der Waals surface area contributed by atoms with Crippen LogP contribution in [0.2, 0.25) is 0 Å². The van der Waals surface area contributed by atoms with Crippen molar-refractivity contribution in [2.75, 3.05) is 13.1 Å². The summed E-state index contributed by atoms with van der Waals surface area (Å²) in [7, 11) is 0. The van der Waals surface area contributed by atoms with Gasteiger partial charge in [-0.15, -0.1) is 0 Å². The van der Waals surface area contributed by atoms with Crippen molar-refractivity contribution in [1.82, 2.24) is 4.90 Å². The van der Waals surface area contributed by atoms with Gasteiger partial charge in [0.1, 0.15) is 5.78 Å². The van der Waals surface area contributed by atoms with Crippen LogP contribution in [0, 0.1) is 5.92 Å². The third-order valence-corrected chi connectivity index (χ3v) is 3.76. The summed E-state index contributed by atoms with van der Waals surface area (Å²) in [5, 5.41) is 0. The van der Waals surface area contributed by atoms with E-state index in [0.29, 0.717) is 17.7 Å². The quantitative estimate of drug-likeness (QED) is 0.691. The molecule has 1 saturated carbocycles. The van der Waals surface area contributed by atoms with Gasteiger partial charge in [-0.25, -0.2) is 0 Å². The number of carbonyl (C=O) groups is 1. The highest BCUT2D eigenvalue weighted by Crippen LogP contribution is 2.28. The number of rotatable bonds is 6. The zero-order valence-corrected chi connectivity index (χ0v) is 11.2. The molecule has 1 rings (SSSR count). The minimum atomic E-state index is 0.343. The average molecular weight is 225 g/mol. The van der Waals surface area contributed by atoms with Gasteiger partial charge in [-0.3, -0.25) is 4.79 Å². The second kappa shape index (κ2) is 7.05. The van der Waals surface area contributed by atoms with E-state index >= 15 is 0 Å². The highest BCUT2D eigenvalue weighted by molar-refractivity contribution is 5.78. The Labute approximate surface area is 100 Å². The van der Waals surface area contributed by atoms with Crippen molar-refractivity contribution in [2.45, 2.75) is 65.3 Å². The molecular weight excluding hydrogens is 198 g/mol. The predicted octanol–water partition coefficient (Wildman–Crippen LogP) is 3.26. The predicted molar refractivity (Wildman–Crippen MR) is 68.6 cm³/mol. The van der Waals surface area contributed by atoms with Crippen LogP contribution in [0.25, 0.3) is 0 Å². The van der Waals surface area contributed by atoms with Crippen molar-refractivity contribution in [3.8, 4) is 0 Å². The molecule has 0 aromatic rings. The maximum absolute atomic E-state index is 11.5. The van der Waals surface area contributed by atoms with Gasteiger partial charge in [0, 0.05) is 12.0 Å². The molecule has 0 spiro atoms. The van der Waals surface area contributed by atoms with E-state index in [0.717, 1.165) is 12.8 Å². The molecule has 16 heavy (non-hydrogen) atoms. The Morgan fingerprint density at radius 1 is 1.19 bits per heavy atom.